The van der Waals surface area contributed by atoms with Gasteiger partial charge in [-0.05, 0) is 50.1 Å². The molecule has 0 aliphatic carbocycles. The quantitative estimate of drug-likeness (QED) is 0.646. The van der Waals surface area contributed by atoms with Crippen molar-refractivity contribution in [3.8, 4) is 0 Å². The number of hydrogen-bond acceptors (Lipinski definition) is 6. The molecular formula is C21H23F3N6O2. The third kappa shape index (κ3) is 4.67. The topological polar surface area (TPSA) is 84.6 Å². The van der Waals surface area contributed by atoms with Gasteiger partial charge in [-0.1, -0.05) is 0 Å². The molecule has 1 amide bonds. The van der Waals surface area contributed by atoms with Crippen molar-refractivity contribution in [3.63, 3.8) is 0 Å². The minimum atomic E-state index is -4.65. The fourth-order valence-corrected chi connectivity index (χ4v) is 3.73. The maximum Gasteiger partial charge on any atom is 0.453 e. The Kier molecular flexibility index (Phi) is 6.00. The number of anilines is 2. The van der Waals surface area contributed by atoms with Gasteiger partial charge >= 0.3 is 6.18 Å². The summed E-state index contributed by atoms with van der Waals surface area (Å²) in [5.41, 5.74) is 3.44. The summed E-state index contributed by atoms with van der Waals surface area (Å²) in [6.07, 6.45) is -4.17. The van der Waals surface area contributed by atoms with Crippen LogP contribution in [0.3, 0.4) is 0 Å². The van der Waals surface area contributed by atoms with Gasteiger partial charge in [-0.3, -0.25) is 4.79 Å². The molecule has 1 fully saturated rings. The second-order valence-electron chi connectivity index (χ2n) is 7.60. The van der Waals surface area contributed by atoms with E-state index in [1.807, 2.05) is 24.3 Å². The van der Waals surface area contributed by atoms with Gasteiger partial charge in [0.15, 0.2) is 0 Å². The van der Waals surface area contributed by atoms with Crippen LogP contribution >= 0.6 is 0 Å². The number of ether oxygens (including phenoxy) is 1. The molecule has 3 aromatic rings. The minimum absolute atomic E-state index is 0.110. The van der Waals surface area contributed by atoms with E-state index in [9.17, 15) is 18.0 Å². The highest BCUT2D eigenvalue weighted by Gasteiger charge is 2.37. The van der Waals surface area contributed by atoms with E-state index in [4.69, 9.17) is 4.74 Å². The van der Waals surface area contributed by atoms with Crippen LogP contribution in [0.2, 0.25) is 0 Å². The third-order valence-corrected chi connectivity index (χ3v) is 5.43. The van der Waals surface area contributed by atoms with Crippen LogP contribution in [-0.2, 0) is 22.1 Å². The van der Waals surface area contributed by atoms with Crippen molar-refractivity contribution >= 4 is 23.1 Å². The van der Waals surface area contributed by atoms with Crippen molar-refractivity contribution in [3.05, 3.63) is 47.0 Å². The number of nitrogens with zero attached hydrogens (tertiary/aromatic N) is 5. The molecule has 1 N–H and O–H groups in total. The number of nitrogens with one attached hydrogen (secondary N) is 1. The number of morpholine rings is 1. The van der Waals surface area contributed by atoms with Crippen molar-refractivity contribution < 1.29 is 22.7 Å². The fourth-order valence-electron chi connectivity index (χ4n) is 3.73. The molecule has 4 rings (SSSR count). The molecule has 0 saturated carbocycles. The highest BCUT2D eigenvalue weighted by Crippen LogP contribution is 2.27. The first-order valence-corrected chi connectivity index (χ1v) is 10.2. The standard InChI is InChI=1S/C21H23F3N6O2/c1-13-17(14(2)30-20(25-13)27-19(28-30)21(22,23)24)7-8-18(31)26-15-3-5-16(6-4-15)29-9-11-32-12-10-29/h3-6H,7-12H2,1-2H3,(H,26,31). The molecule has 1 aliphatic heterocycles. The molecular weight excluding hydrogens is 425 g/mol. The van der Waals surface area contributed by atoms with Gasteiger partial charge in [-0.15, -0.1) is 5.10 Å². The molecule has 0 spiro atoms. The van der Waals surface area contributed by atoms with E-state index in [1.54, 1.807) is 13.8 Å². The van der Waals surface area contributed by atoms with Crippen molar-refractivity contribution in [1.82, 2.24) is 19.6 Å². The number of aryl methyl sites for hydroxylation is 2. The van der Waals surface area contributed by atoms with Gasteiger partial charge in [0.05, 0.1) is 13.2 Å². The number of benzene rings is 1. The first-order chi connectivity index (χ1) is 15.2. The molecule has 0 radical (unpaired) electrons. The average molecular weight is 448 g/mol. The Morgan fingerprint density at radius 1 is 1.12 bits per heavy atom. The summed E-state index contributed by atoms with van der Waals surface area (Å²) >= 11 is 0. The molecule has 0 atom stereocenters. The van der Waals surface area contributed by atoms with E-state index in [0.29, 0.717) is 42.3 Å². The van der Waals surface area contributed by atoms with Crippen molar-refractivity contribution in [2.45, 2.75) is 32.9 Å². The number of amides is 1. The Bertz CT molecular complexity index is 1120. The van der Waals surface area contributed by atoms with Crippen LogP contribution in [-0.4, -0.2) is 51.8 Å². The summed E-state index contributed by atoms with van der Waals surface area (Å²) in [4.78, 5) is 22.3. The molecule has 0 unspecified atom stereocenters. The predicted octanol–water partition coefficient (Wildman–Crippen LogP) is 3.17. The molecule has 8 nitrogen and oxygen atoms in total. The lowest BCUT2D eigenvalue weighted by molar-refractivity contribution is -0.144. The van der Waals surface area contributed by atoms with Crippen LogP contribution < -0.4 is 10.2 Å². The molecule has 1 aliphatic rings. The first kappa shape index (κ1) is 22.0. The third-order valence-electron chi connectivity index (χ3n) is 5.43. The molecule has 11 heteroatoms. The number of rotatable bonds is 5. The van der Waals surface area contributed by atoms with E-state index >= 15 is 0 Å². The lowest BCUT2D eigenvalue weighted by atomic mass is 10.1. The van der Waals surface area contributed by atoms with E-state index in [2.05, 4.69) is 25.3 Å². The van der Waals surface area contributed by atoms with Gasteiger partial charge in [-0.25, -0.2) is 9.50 Å². The van der Waals surface area contributed by atoms with Gasteiger partial charge < -0.3 is 15.0 Å². The lowest BCUT2D eigenvalue weighted by Gasteiger charge is -2.28. The van der Waals surface area contributed by atoms with Crippen LogP contribution in [0, 0.1) is 13.8 Å². The SMILES string of the molecule is Cc1nc2nc(C(F)(F)F)nn2c(C)c1CCC(=O)Nc1ccc(N2CCOCC2)cc1. The Morgan fingerprint density at radius 3 is 2.47 bits per heavy atom. The number of halogens is 3. The smallest absolute Gasteiger partial charge is 0.378 e. The summed E-state index contributed by atoms with van der Waals surface area (Å²) in [5.74, 6) is -1.54. The maximum atomic E-state index is 12.9. The Balaban J connectivity index is 1.41. The van der Waals surface area contributed by atoms with E-state index in [-0.39, 0.29) is 18.1 Å². The highest BCUT2D eigenvalue weighted by molar-refractivity contribution is 5.91. The van der Waals surface area contributed by atoms with Crippen LogP contribution in [0.25, 0.3) is 5.78 Å². The number of carbonyl (C=O) groups excluding carboxylic acids is 1. The number of hydrogen-bond donors (Lipinski definition) is 1. The van der Waals surface area contributed by atoms with Crippen molar-refractivity contribution in [2.24, 2.45) is 0 Å². The lowest BCUT2D eigenvalue weighted by Crippen LogP contribution is -2.36. The molecule has 2 aromatic heterocycles. The van der Waals surface area contributed by atoms with Gasteiger partial charge in [0.1, 0.15) is 0 Å². The van der Waals surface area contributed by atoms with Crippen molar-refractivity contribution in [2.75, 3.05) is 36.5 Å². The molecule has 1 aromatic carbocycles. The summed E-state index contributed by atoms with van der Waals surface area (Å²) < 4.78 is 45.2. The summed E-state index contributed by atoms with van der Waals surface area (Å²) in [6, 6.07) is 7.60. The van der Waals surface area contributed by atoms with Gasteiger partial charge in [-0.2, -0.15) is 18.2 Å². The molecule has 0 bridgehead atoms. The largest absolute Gasteiger partial charge is 0.453 e. The Labute approximate surface area is 182 Å². The zero-order valence-electron chi connectivity index (χ0n) is 17.7. The summed E-state index contributed by atoms with van der Waals surface area (Å²) in [6.45, 7) is 6.40. The first-order valence-electron chi connectivity index (χ1n) is 10.2. The van der Waals surface area contributed by atoms with Gasteiger partial charge in [0.2, 0.25) is 5.91 Å². The van der Waals surface area contributed by atoms with Crippen molar-refractivity contribution in [1.29, 1.82) is 0 Å². The molecule has 170 valence electrons. The normalized spacial score (nSPS) is 14.7. The van der Waals surface area contributed by atoms with Crippen LogP contribution in [0.1, 0.15) is 29.2 Å². The summed E-state index contributed by atoms with van der Waals surface area (Å²) in [5, 5.41) is 6.39. The highest BCUT2D eigenvalue weighted by atomic mass is 19.4. The summed E-state index contributed by atoms with van der Waals surface area (Å²) in [7, 11) is 0. The van der Waals surface area contributed by atoms with E-state index < -0.39 is 12.0 Å². The molecule has 32 heavy (non-hydrogen) atoms. The molecule has 3 heterocycles. The Hall–Kier alpha value is -3.21. The number of fused-ring (bicyclic) bond motifs is 1. The number of aromatic nitrogens is 4. The second kappa shape index (κ2) is 8.73. The van der Waals surface area contributed by atoms with Crippen LogP contribution in [0.4, 0.5) is 24.5 Å². The van der Waals surface area contributed by atoms with Crippen LogP contribution in [0.15, 0.2) is 24.3 Å². The van der Waals surface area contributed by atoms with E-state index in [0.717, 1.165) is 23.3 Å². The predicted molar refractivity (Wildman–Crippen MR) is 112 cm³/mol. The number of alkyl halides is 3. The number of carbonyl (C=O) groups is 1. The Morgan fingerprint density at radius 2 is 1.81 bits per heavy atom. The molecule has 1 saturated heterocycles. The zero-order valence-corrected chi connectivity index (χ0v) is 17.7. The average Bonchev–Trinajstić information content (AvgIpc) is 3.19. The fraction of sp³-hybridized carbons (Fsp3) is 0.429. The minimum Gasteiger partial charge on any atom is -0.378 e. The van der Waals surface area contributed by atoms with Crippen LogP contribution in [0.5, 0.6) is 0 Å². The maximum absolute atomic E-state index is 12.9. The van der Waals surface area contributed by atoms with E-state index in [1.165, 1.54) is 0 Å². The second-order valence-corrected chi connectivity index (χ2v) is 7.60. The van der Waals surface area contributed by atoms with Gasteiger partial charge in [0, 0.05) is 42.3 Å². The zero-order chi connectivity index (χ0) is 22.9. The van der Waals surface area contributed by atoms with Gasteiger partial charge in [0.25, 0.3) is 11.6 Å². The monoisotopic (exact) mass is 448 g/mol.